The zero-order chi connectivity index (χ0) is 13.8. The van der Waals surface area contributed by atoms with E-state index in [9.17, 15) is 0 Å². The molecule has 0 bridgehead atoms. The third kappa shape index (κ3) is 3.41. The third-order valence-electron chi connectivity index (χ3n) is 4.06. The lowest BCUT2D eigenvalue weighted by molar-refractivity contribution is 0.354. The highest BCUT2D eigenvalue weighted by Gasteiger charge is 2.38. The van der Waals surface area contributed by atoms with Crippen molar-refractivity contribution in [3.63, 3.8) is 0 Å². The summed E-state index contributed by atoms with van der Waals surface area (Å²) in [5.41, 5.74) is 1.31. The van der Waals surface area contributed by atoms with Gasteiger partial charge in [0.05, 0.1) is 14.2 Å². The summed E-state index contributed by atoms with van der Waals surface area (Å²) in [4.78, 5) is 0. The van der Waals surface area contributed by atoms with Crippen molar-refractivity contribution >= 4 is 0 Å². The molecule has 1 saturated carbocycles. The highest BCUT2D eigenvalue weighted by molar-refractivity contribution is 5.43. The maximum Gasteiger partial charge on any atom is 0.160 e. The molecule has 1 fully saturated rings. The average molecular weight is 263 g/mol. The second kappa shape index (κ2) is 6.29. The fraction of sp³-hybridized carbons (Fsp3) is 0.625. The Kier molecular flexibility index (Phi) is 4.70. The molecule has 1 aliphatic rings. The van der Waals surface area contributed by atoms with Crippen molar-refractivity contribution in [3.8, 4) is 11.5 Å². The summed E-state index contributed by atoms with van der Waals surface area (Å²) in [6.07, 6.45) is 2.41. The molecule has 1 aromatic carbocycles. The second-order valence-corrected chi connectivity index (χ2v) is 5.43. The molecule has 2 rings (SSSR count). The van der Waals surface area contributed by atoms with Crippen LogP contribution in [0.25, 0.3) is 0 Å². The van der Waals surface area contributed by atoms with Gasteiger partial charge in [-0.25, -0.2) is 0 Å². The van der Waals surface area contributed by atoms with E-state index in [4.69, 9.17) is 9.47 Å². The molecule has 0 aromatic heterocycles. The minimum absolute atomic E-state index is 0.582. The van der Waals surface area contributed by atoms with Crippen LogP contribution in [-0.2, 0) is 6.42 Å². The first kappa shape index (κ1) is 14.2. The lowest BCUT2D eigenvalue weighted by atomic mass is 10.0. The molecule has 1 aromatic rings. The van der Waals surface area contributed by atoms with Gasteiger partial charge in [0.25, 0.3) is 0 Å². The zero-order valence-electron chi connectivity index (χ0n) is 12.4. The van der Waals surface area contributed by atoms with Crippen molar-refractivity contribution < 1.29 is 9.47 Å². The minimum atomic E-state index is 0.582. The van der Waals surface area contributed by atoms with Gasteiger partial charge in [-0.2, -0.15) is 0 Å². The smallest absolute Gasteiger partial charge is 0.160 e. The summed E-state index contributed by atoms with van der Waals surface area (Å²) in [5, 5.41) is 3.62. The van der Waals surface area contributed by atoms with Crippen LogP contribution >= 0.6 is 0 Å². The van der Waals surface area contributed by atoms with Gasteiger partial charge in [-0.05, 0) is 48.9 Å². The van der Waals surface area contributed by atoms with Gasteiger partial charge in [0, 0.05) is 6.04 Å². The summed E-state index contributed by atoms with van der Waals surface area (Å²) in [5.74, 6) is 3.31. The summed E-state index contributed by atoms with van der Waals surface area (Å²) >= 11 is 0. The van der Waals surface area contributed by atoms with Gasteiger partial charge in [-0.1, -0.05) is 19.9 Å². The molecule has 0 saturated heterocycles. The fourth-order valence-electron chi connectivity index (χ4n) is 2.81. The van der Waals surface area contributed by atoms with Gasteiger partial charge in [-0.15, -0.1) is 0 Å². The van der Waals surface area contributed by atoms with Gasteiger partial charge in [0.15, 0.2) is 11.5 Å². The lowest BCUT2D eigenvalue weighted by Gasteiger charge is -2.18. The number of hydrogen-bond donors (Lipinski definition) is 1. The van der Waals surface area contributed by atoms with Gasteiger partial charge in [0.1, 0.15) is 0 Å². The van der Waals surface area contributed by atoms with Crippen LogP contribution in [0, 0.1) is 11.8 Å². The molecular formula is C16H25NO2. The molecule has 0 amide bonds. The van der Waals surface area contributed by atoms with E-state index in [1.54, 1.807) is 14.2 Å². The van der Waals surface area contributed by atoms with E-state index in [1.807, 2.05) is 6.07 Å². The molecule has 19 heavy (non-hydrogen) atoms. The Bertz CT molecular complexity index is 419. The predicted molar refractivity (Wildman–Crippen MR) is 78.0 cm³/mol. The second-order valence-electron chi connectivity index (χ2n) is 5.43. The fourth-order valence-corrected chi connectivity index (χ4v) is 2.81. The Labute approximate surface area is 116 Å². The Morgan fingerprint density at radius 3 is 2.47 bits per heavy atom. The number of hydrogen-bond acceptors (Lipinski definition) is 3. The Balaban J connectivity index is 2.08. The standard InChI is InChI=1S/C16H25NO2/c1-5-17-14(13-8-11(13)2)9-12-6-7-15(18-3)16(10-12)19-4/h6-7,10-11,13-14,17H,5,8-9H2,1-4H3. The van der Waals surface area contributed by atoms with Crippen LogP contribution in [0.2, 0.25) is 0 Å². The topological polar surface area (TPSA) is 30.5 Å². The molecule has 3 unspecified atom stereocenters. The SMILES string of the molecule is CCNC(Cc1ccc(OC)c(OC)c1)C1CC1C. The number of benzene rings is 1. The highest BCUT2D eigenvalue weighted by Crippen LogP contribution is 2.41. The first-order chi connectivity index (χ1) is 9.19. The molecule has 0 radical (unpaired) electrons. The maximum atomic E-state index is 5.37. The van der Waals surface area contributed by atoms with Crippen molar-refractivity contribution in [2.75, 3.05) is 20.8 Å². The number of ether oxygens (including phenoxy) is 2. The molecule has 3 nitrogen and oxygen atoms in total. The monoisotopic (exact) mass is 263 g/mol. The van der Waals surface area contributed by atoms with Crippen LogP contribution in [0.3, 0.4) is 0 Å². The zero-order valence-corrected chi connectivity index (χ0v) is 12.4. The summed E-state index contributed by atoms with van der Waals surface area (Å²) in [6, 6.07) is 6.81. The van der Waals surface area contributed by atoms with Crippen LogP contribution in [-0.4, -0.2) is 26.8 Å². The first-order valence-electron chi connectivity index (χ1n) is 7.13. The highest BCUT2D eigenvalue weighted by atomic mass is 16.5. The number of methoxy groups -OCH3 is 2. The molecule has 106 valence electrons. The average Bonchev–Trinajstić information content (AvgIpc) is 3.15. The minimum Gasteiger partial charge on any atom is -0.493 e. The first-order valence-corrected chi connectivity index (χ1v) is 7.13. The molecular weight excluding hydrogens is 238 g/mol. The van der Waals surface area contributed by atoms with Gasteiger partial charge in [-0.3, -0.25) is 0 Å². The number of likely N-dealkylation sites (N-methyl/N-ethyl adjacent to an activating group) is 1. The van der Waals surface area contributed by atoms with E-state index in [0.717, 1.165) is 36.3 Å². The number of rotatable bonds is 7. The van der Waals surface area contributed by atoms with E-state index in [1.165, 1.54) is 12.0 Å². The lowest BCUT2D eigenvalue weighted by Crippen LogP contribution is -2.33. The van der Waals surface area contributed by atoms with E-state index in [0.29, 0.717) is 6.04 Å². The van der Waals surface area contributed by atoms with E-state index < -0.39 is 0 Å². The summed E-state index contributed by atoms with van der Waals surface area (Å²) < 4.78 is 10.7. The Morgan fingerprint density at radius 2 is 1.95 bits per heavy atom. The third-order valence-corrected chi connectivity index (χ3v) is 4.06. The van der Waals surface area contributed by atoms with Crippen LogP contribution in [0.15, 0.2) is 18.2 Å². The maximum absolute atomic E-state index is 5.37. The van der Waals surface area contributed by atoms with Crippen molar-refractivity contribution in [2.24, 2.45) is 11.8 Å². The van der Waals surface area contributed by atoms with Crippen LogP contribution < -0.4 is 14.8 Å². The quantitative estimate of drug-likeness (QED) is 0.820. The molecule has 1 aliphatic carbocycles. The summed E-state index contributed by atoms with van der Waals surface area (Å²) in [6.45, 7) is 5.54. The van der Waals surface area contributed by atoms with Crippen molar-refractivity contribution in [1.82, 2.24) is 5.32 Å². The Hall–Kier alpha value is -1.22. The van der Waals surface area contributed by atoms with Crippen molar-refractivity contribution in [2.45, 2.75) is 32.7 Å². The predicted octanol–water partition coefficient (Wildman–Crippen LogP) is 2.88. The van der Waals surface area contributed by atoms with E-state index in [-0.39, 0.29) is 0 Å². The van der Waals surface area contributed by atoms with E-state index in [2.05, 4.69) is 31.3 Å². The Morgan fingerprint density at radius 1 is 1.26 bits per heavy atom. The van der Waals surface area contributed by atoms with Crippen molar-refractivity contribution in [1.29, 1.82) is 0 Å². The van der Waals surface area contributed by atoms with Crippen LogP contribution in [0.5, 0.6) is 11.5 Å². The van der Waals surface area contributed by atoms with E-state index >= 15 is 0 Å². The number of nitrogens with one attached hydrogen (secondary N) is 1. The molecule has 0 heterocycles. The molecule has 3 atom stereocenters. The molecule has 1 N–H and O–H groups in total. The molecule has 0 aliphatic heterocycles. The summed E-state index contributed by atoms with van der Waals surface area (Å²) in [7, 11) is 3.36. The normalized spacial score (nSPS) is 22.9. The molecule has 0 spiro atoms. The van der Waals surface area contributed by atoms with Gasteiger partial charge in [0.2, 0.25) is 0 Å². The van der Waals surface area contributed by atoms with Crippen molar-refractivity contribution in [3.05, 3.63) is 23.8 Å². The van der Waals surface area contributed by atoms with Crippen LogP contribution in [0.1, 0.15) is 25.8 Å². The molecule has 3 heteroatoms. The van der Waals surface area contributed by atoms with Crippen LogP contribution in [0.4, 0.5) is 0 Å². The largest absolute Gasteiger partial charge is 0.493 e. The van der Waals surface area contributed by atoms with Gasteiger partial charge < -0.3 is 14.8 Å². The van der Waals surface area contributed by atoms with Gasteiger partial charge >= 0.3 is 0 Å².